The van der Waals surface area contributed by atoms with Crippen LogP contribution in [0.1, 0.15) is 23.9 Å². The summed E-state index contributed by atoms with van der Waals surface area (Å²) >= 11 is 4.76. The van der Waals surface area contributed by atoms with Gasteiger partial charge in [-0.3, -0.25) is 4.79 Å². The van der Waals surface area contributed by atoms with Crippen molar-refractivity contribution < 1.29 is 4.79 Å². The number of anilines is 1. The summed E-state index contributed by atoms with van der Waals surface area (Å²) in [6, 6.07) is 7.52. The third-order valence-electron chi connectivity index (χ3n) is 3.36. The largest absolute Gasteiger partial charge is 0.325 e. The first-order valence-electron chi connectivity index (χ1n) is 6.91. The summed E-state index contributed by atoms with van der Waals surface area (Å²) in [4.78, 5) is 21.1. The number of aryl methyl sites for hydroxylation is 2. The summed E-state index contributed by atoms with van der Waals surface area (Å²) in [6.07, 6.45) is 0. The first kappa shape index (κ1) is 17.0. The minimum Gasteiger partial charge on any atom is -0.325 e. The number of amides is 1. The highest BCUT2D eigenvalue weighted by Crippen LogP contribution is 2.23. The van der Waals surface area contributed by atoms with E-state index in [1.54, 1.807) is 0 Å². The average molecular weight is 380 g/mol. The van der Waals surface area contributed by atoms with Crippen molar-refractivity contribution >= 4 is 39.3 Å². The van der Waals surface area contributed by atoms with Crippen molar-refractivity contribution in [3.63, 3.8) is 0 Å². The van der Waals surface area contributed by atoms with Crippen LogP contribution in [-0.2, 0) is 4.79 Å². The Morgan fingerprint density at radius 3 is 2.45 bits per heavy atom. The maximum Gasteiger partial charge on any atom is 0.237 e. The second kappa shape index (κ2) is 7.24. The zero-order chi connectivity index (χ0) is 16.3. The van der Waals surface area contributed by atoms with Gasteiger partial charge in [0.1, 0.15) is 0 Å². The van der Waals surface area contributed by atoms with Gasteiger partial charge in [-0.25, -0.2) is 9.97 Å². The Bertz CT molecular complexity index is 683. The molecule has 0 unspecified atom stereocenters. The minimum atomic E-state index is -0.277. The zero-order valence-electron chi connectivity index (χ0n) is 13.0. The van der Waals surface area contributed by atoms with Crippen LogP contribution in [0.25, 0.3) is 0 Å². The summed E-state index contributed by atoms with van der Waals surface area (Å²) < 4.78 is 0.929. The van der Waals surface area contributed by atoms with Crippen molar-refractivity contribution in [2.75, 3.05) is 5.32 Å². The Hall–Kier alpha value is -1.40. The van der Waals surface area contributed by atoms with Gasteiger partial charge in [-0.2, -0.15) is 0 Å². The molecule has 0 aliphatic heterocycles. The molecule has 4 nitrogen and oxygen atoms in total. The van der Waals surface area contributed by atoms with Gasteiger partial charge in [0.2, 0.25) is 5.91 Å². The van der Waals surface area contributed by atoms with Gasteiger partial charge in [-0.15, -0.1) is 0 Å². The van der Waals surface area contributed by atoms with E-state index in [1.807, 2.05) is 52.0 Å². The van der Waals surface area contributed by atoms with Crippen LogP contribution in [0.15, 0.2) is 33.9 Å². The van der Waals surface area contributed by atoms with E-state index < -0.39 is 0 Å². The standard InChI is InChI=1S/C16H18BrN3OS/c1-9-10(2)18-16(19-11(9)3)22-12(4)15(21)20-14-7-5-6-13(17)8-14/h5-8,12H,1-4H3,(H,20,21)/t12-/m1/s1. The lowest BCUT2D eigenvalue weighted by molar-refractivity contribution is -0.115. The van der Waals surface area contributed by atoms with Crippen LogP contribution >= 0.6 is 27.7 Å². The van der Waals surface area contributed by atoms with Crippen LogP contribution in [0.2, 0.25) is 0 Å². The molecule has 0 radical (unpaired) electrons. The molecule has 0 aliphatic carbocycles. The maximum absolute atomic E-state index is 12.3. The van der Waals surface area contributed by atoms with Crippen molar-refractivity contribution in [3.8, 4) is 0 Å². The van der Waals surface area contributed by atoms with E-state index in [1.165, 1.54) is 11.8 Å². The number of benzene rings is 1. The lowest BCUT2D eigenvalue weighted by Gasteiger charge is -2.12. The molecule has 1 amide bonds. The molecule has 0 saturated heterocycles. The van der Waals surface area contributed by atoms with Crippen molar-refractivity contribution in [1.29, 1.82) is 0 Å². The number of halogens is 1. The Morgan fingerprint density at radius 2 is 1.86 bits per heavy atom. The van der Waals surface area contributed by atoms with E-state index >= 15 is 0 Å². The summed E-state index contributed by atoms with van der Waals surface area (Å²) in [5.41, 5.74) is 3.77. The van der Waals surface area contributed by atoms with Gasteiger partial charge in [0.05, 0.1) is 5.25 Å². The number of carbonyl (C=O) groups excluding carboxylic acids is 1. The molecule has 2 rings (SSSR count). The first-order chi connectivity index (χ1) is 10.4. The van der Waals surface area contributed by atoms with Crippen LogP contribution < -0.4 is 5.32 Å². The third kappa shape index (κ3) is 4.30. The molecule has 1 heterocycles. The fourth-order valence-electron chi connectivity index (χ4n) is 1.82. The molecule has 2 aromatic rings. The summed E-state index contributed by atoms with van der Waals surface area (Å²) in [5.74, 6) is -0.0671. The Labute approximate surface area is 143 Å². The van der Waals surface area contributed by atoms with Gasteiger partial charge < -0.3 is 5.32 Å². The van der Waals surface area contributed by atoms with Crippen LogP contribution in [-0.4, -0.2) is 21.1 Å². The van der Waals surface area contributed by atoms with Gasteiger partial charge in [-0.05, 0) is 51.5 Å². The molecule has 1 aromatic carbocycles. The number of rotatable bonds is 4. The van der Waals surface area contributed by atoms with E-state index in [0.29, 0.717) is 5.16 Å². The summed E-state index contributed by atoms with van der Waals surface area (Å²) in [5, 5.41) is 3.26. The zero-order valence-corrected chi connectivity index (χ0v) is 15.4. The van der Waals surface area contributed by atoms with Gasteiger partial charge in [-0.1, -0.05) is 33.8 Å². The Balaban J connectivity index is 2.05. The summed E-state index contributed by atoms with van der Waals surface area (Å²) in [6.45, 7) is 7.77. The summed E-state index contributed by atoms with van der Waals surface area (Å²) in [7, 11) is 0. The van der Waals surface area contributed by atoms with Crippen LogP contribution in [0.4, 0.5) is 5.69 Å². The normalized spacial score (nSPS) is 12.0. The molecule has 22 heavy (non-hydrogen) atoms. The highest BCUT2D eigenvalue weighted by atomic mass is 79.9. The van der Waals surface area contributed by atoms with Crippen LogP contribution in [0.3, 0.4) is 0 Å². The number of nitrogens with one attached hydrogen (secondary N) is 1. The number of thioether (sulfide) groups is 1. The van der Waals surface area contributed by atoms with Crippen LogP contribution in [0, 0.1) is 20.8 Å². The van der Waals surface area contributed by atoms with Gasteiger partial charge in [0.25, 0.3) is 0 Å². The minimum absolute atomic E-state index is 0.0671. The van der Waals surface area contributed by atoms with Crippen LogP contribution in [0.5, 0.6) is 0 Å². The predicted octanol–water partition coefficient (Wildman–Crippen LogP) is 4.28. The lowest BCUT2D eigenvalue weighted by Crippen LogP contribution is -2.22. The maximum atomic E-state index is 12.3. The molecule has 0 spiro atoms. The quantitative estimate of drug-likeness (QED) is 0.635. The van der Waals surface area contributed by atoms with E-state index in [-0.39, 0.29) is 11.2 Å². The molecule has 0 aliphatic rings. The molecule has 1 atom stereocenters. The van der Waals surface area contributed by atoms with Crippen molar-refractivity contribution in [2.24, 2.45) is 0 Å². The number of hydrogen-bond donors (Lipinski definition) is 1. The third-order valence-corrected chi connectivity index (χ3v) is 4.81. The molecule has 1 aromatic heterocycles. The molecule has 116 valence electrons. The van der Waals surface area contributed by atoms with Gasteiger partial charge in [0.15, 0.2) is 5.16 Å². The fourth-order valence-corrected chi connectivity index (χ4v) is 3.08. The topological polar surface area (TPSA) is 54.9 Å². The molecular formula is C16H18BrN3OS. The number of carbonyl (C=O) groups is 1. The van der Waals surface area contributed by atoms with Crippen molar-refractivity contribution in [1.82, 2.24) is 9.97 Å². The fraction of sp³-hybridized carbons (Fsp3) is 0.312. The number of hydrogen-bond acceptors (Lipinski definition) is 4. The second-order valence-corrected chi connectivity index (χ2v) is 7.29. The molecular weight excluding hydrogens is 362 g/mol. The number of nitrogens with zero attached hydrogens (tertiary/aromatic N) is 2. The highest BCUT2D eigenvalue weighted by molar-refractivity contribution is 9.10. The monoisotopic (exact) mass is 379 g/mol. The van der Waals surface area contributed by atoms with Crippen molar-refractivity contribution in [2.45, 2.75) is 38.1 Å². The molecule has 1 N–H and O–H groups in total. The highest BCUT2D eigenvalue weighted by Gasteiger charge is 2.17. The molecule has 6 heteroatoms. The Morgan fingerprint density at radius 1 is 1.23 bits per heavy atom. The van der Waals surface area contributed by atoms with Crippen molar-refractivity contribution in [3.05, 3.63) is 45.7 Å². The SMILES string of the molecule is Cc1nc(S[C@H](C)C(=O)Nc2cccc(Br)c2)nc(C)c1C. The number of aromatic nitrogens is 2. The van der Waals surface area contributed by atoms with E-state index in [0.717, 1.165) is 27.1 Å². The smallest absolute Gasteiger partial charge is 0.237 e. The van der Waals surface area contributed by atoms with E-state index in [4.69, 9.17) is 0 Å². The molecule has 0 fully saturated rings. The van der Waals surface area contributed by atoms with Gasteiger partial charge in [0, 0.05) is 21.5 Å². The predicted molar refractivity (Wildman–Crippen MR) is 94.3 cm³/mol. The van der Waals surface area contributed by atoms with E-state index in [9.17, 15) is 4.79 Å². The lowest BCUT2D eigenvalue weighted by atomic mass is 10.2. The van der Waals surface area contributed by atoms with Gasteiger partial charge >= 0.3 is 0 Å². The Kier molecular flexibility index (Phi) is 5.58. The molecule has 0 saturated carbocycles. The second-order valence-electron chi connectivity index (χ2n) is 5.06. The molecule has 0 bridgehead atoms. The van der Waals surface area contributed by atoms with E-state index in [2.05, 4.69) is 31.2 Å². The average Bonchev–Trinajstić information content (AvgIpc) is 2.44. The first-order valence-corrected chi connectivity index (χ1v) is 8.59.